The summed E-state index contributed by atoms with van der Waals surface area (Å²) in [7, 11) is 0. The van der Waals surface area contributed by atoms with Crippen molar-refractivity contribution in [3.63, 3.8) is 0 Å². The maximum Gasteiger partial charge on any atom is 0.221 e. The Morgan fingerprint density at radius 1 is 1.89 bits per heavy atom. The molecule has 0 unspecified atom stereocenters. The van der Waals surface area contributed by atoms with Crippen LogP contribution in [0.2, 0.25) is 0 Å². The van der Waals surface area contributed by atoms with Gasteiger partial charge in [0.1, 0.15) is 0 Å². The maximum absolute atomic E-state index is 10.4. The van der Waals surface area contributed by atoms with Gasteiger partial charge in [0, 0.05) is 12.3 Å². The van der Waals surface area contributed by atoms with Crippen LogP contribution in [-0.4, -0.2) is 5.91 Å². The van der Waals surface area contributed by atoms with Gasteiger partial charge in [-0.1, -0.05) is 0 Å². The first-order chi connectivity index (χ1) is 4.29. The minimum Gasteiger partial charge on any atom is -0.318 e. The summed E-state index contributed by atoms with van der Waals surface area (Å²) in [6.45, 7) is 1.49. The second kappa shape index (κ2) is 2.64. The molecule has 0 atom stereocenters. The Morgan fingerprint density at radius 2 is 2.67 bits per heavy atom. The highest BCUT2D eigenvalue weighted by atomic mass is 32.1. The van der Waals surface area contributed by atoms with Crippen LogP contribution in [0.1, 0.15) is 6.92 Å². The molecule has 0 aliphatic carbocycles. The first-order valence-electron chi connectivity index (χ1n) is 2.52. The van der Waals surface area contributed by atoms with Crippen molar-refractivity contribution in [2.24, 2.45) is 0 Å². The van der Waals surface area contributed by atoms with Gasteiger partial charge in [-0.25, -0.2) is 0 Å². The third kappa shape index (κ3) is 1.85. The van der Waals surface area contributed by atoms with E-state index in [1.165, 1.54) is 18.3 Å². The number of thiophene rings is 1. The Bertz CT molecular complexity index is 193. The third-order valence-electron chi connectivity index (χ3n) is 0.771. The van der Waals surface area contributed by atoms with Crippen LogP contribution in [0.5, 0.6) is 0 Å². The summed E-state index contributed by atoms with van der Waals surface area (Å²) < 4.78 is 0. The van der Waals surface area contributed by atoms with Gasteiger partial charge in [-0.3, -0.25) is 4.79 Å². The number of rotatable bonds is 1. The fourth-order valence-electron chi connectivity index (χ4n) is 0.482. The van der Waals surface area contributed by atoms with Crippen LogP contribution in [-0.2, 0) is 4.79 Å². The quantitative estimate of drug-likeness (QED) is 0.629. The lowest BCUT2D eigenvalue weighted by Gasteiger charge is -1.92. The number of amides is 1. The SMILES string of the molecule is CC(=O)Nc1cc[c]s1. The van der Waals surface area contributed by atoms with Gasteiger partial charge in [0.05, 0.1) is 5.00 Å². The van der Waals surface area contributed by atoms with E-state index < -0.39 is 0 Å². The van der Waals surface area contributed by atoms with Crippen molar-refractivity contribution in [3.8, 4) is 0 Å². The van der Waals surface area contributed by atoms with Crippen molar-refractivity contribution in [2.75, 3.05) is 5.32 Å². The van der Waals surface area contributed by atoms with E-state index in [2.05, 4.69) is 10.7 Å². The molecule has 0 bridgehead atoms. The second-order valence-corrected chi connectivity index (χ2v) is 2.48. The van der Waals surface area contributed by atoms with Gasteiger partial charge >= 0.3 is 0 Å². The molecule has 1 radical (unpaired) electrons. The smallest absolute Gasteiger partial charge is 0.221 e. The summed E-state index contributed by atoms with van der Waals surface area (Å²) in [5.74, 6) is -0.0362. The predicted molar refractivity (Wildman–Crippen MR) is 37.5 cm³/mol. The highest BCUT2D eigenvalue weighted by molar-refractivity contribution is 7.13. The van der Waals surface area contributed by atoms with E-state index in [0.29, 0.717) is 0 Å². The summed E-state index contributed by atoms with van der Waals surface area (Å²) in [6.07, 6.45) is 0. The number of carbonyl (C=O) groups excluding carboxylic acids is 1. The molecule has 2 nitrogen and oxygen atoms in total. The van der Waals surface area contributed by atoms with Crippen molar-refractivity contribution in [1.29, 1.82) is 0 Å². The number of nitrogens with one attached hydrogen (secondary N) is 1. The molecule has 9 heavy (non-hydrogen) atoms. The van der Waals surface area contributed by atoms with E-state index in [4.69, 9.17) is 0 Å². The Labute approximate surface area is 57.5 Å². The van der Waals surface area contributed by atoms with Crippen molar-refractivity contribution >= 4 is 22.2 Å². The summed E-state index contributed by atoms with van der Waals surface area (Å²) >= 11 is 1.39. The topological polar surface area (TPSA) is 29.1 Å². The zero-order chi connectivity index (χ0) is 6.69. The molecule has 3 heteroatoms. The third-order valence-corrected chi connectivity index (χ3v) is 1.48. The molecule has 1 heterocycles. The van der Waals surface area contributed by atoms with Crippen LogP contribution in [0.15, 0.2) is 12.1 Å². The van der Waals surface area contributed by atoms with Crippen molar-refractivity contribution in [1.82, 2.24) is 0 Å². The van der Waals surface area contributed by atoms with Gasteiger partial charge in [-0.2, -0.15) is 0 Å². The van der Waals surface area contributed by atoms with Crippen molar-refractivity contribution < 1.29 is 4.79 Å². The summed E-state index contributed by atoms with van der Waals surface area (Å²) in [4.78, 5) is 10.4. The number of hydrogen-bond donors (Lipinski definition) is 1. The molecule has 0 saturated heterocycles. The van der Waals surface area contributed by atoms with Crippen molar-refractivity contribution in [3.05, 3.63) is 17.5 Å². The van der Waals surface area contributed by atoms with Crippen molar-refractivity contribution in [2.45, 2.75) is 6.92 Å². The molecule has 1 N–H and O–H groups in total. The van der Waals surface area contributed by atoms with Gasteiger partial charge in [-0.15, -0.1) is 11.3 Å². The van der Waals surface area contributed by atoms with Crippen LogP contribution in [0.3, 0.4) is 0 Å². The molecule has 1 aromatic rings. The number of hydrogen-bond acceptors (Lipinski definition) is 2. The van der Waals surface area contributed by atoms with Gasteiger partial charge in [0.15, 0.2) is 0 Å². The largest absolute Gasteiger partial charge is 0.318 e. The number of carbonyl (C=O) groups is 1. The van der Waals surface area contributed by atoms with Gasteiger partial charge in [-0.05, 0) is 12.1 Å². The lowest BCUT2D eigenvalue weighted by Crippen LogP contribution is -2.03. The minimum atomic E-state index is -0.0362. The van der Waals surface area contributed by atoms with E-state index in [1.807, 2.05) is 6.07 Å². The average molecular weight is 140 g/mol. The molecule has 0 fully saturated rings. The molecular weight excluding hydrogens is 134 g/mol. The fourth-order valence-corrected chi connectivity index (χ4v) is 1.08. The Kier molecular flexibility index (Phi) is 1.85. The molecule has 0 aromatic carbocycles. The van der Waals surface area contributed by atoms with Crippen LogP contribution >= 0.6 is 11.3 Å². The highest BCUT2D eigenvalue weighted by Gasteiger charge is 1.92. The molecule has 1 rings (SSSR count). The summed E-state index contributed by atoms with van der Waals surface area (Å²) in [5.41, 5.74) is 0. The lowest BCUT2D eigenvalue weighted by atomic mass is 10.6. The van der Waals surface area contributed by atoms with Crippen LogP contribution in [0, 0.1) is 5.38 Å². The fraction of sp³-hybridized carbons (Fsp3) is 0.167. The summed E-state index contributed by atoms with van der Waals surface area (Å²) in [6, 6.07) is 3.59. The number of anilines is 1. The van der Waals surface area contributed by atoms with Crippen LogP contribution < -0.4 is 5.32 Å². The molecule has 0 aliphatic heterocycles. The standard InChI is InChI=1S/C6H6NOS/c1-5(8)7-6-3-2-4-9-6/h2-3H,1H3,(H,7,8). The first kappa shape index (κ1) is 6.29. The monoisotopic (exact) mass is 140 g/mol. The first-order valence-corrected chi connectivity index (χ1v) is 3.34. The normalized spacial score (nSPS) is 9.00. The van der Waals surface area contributed by atoms with Crippen LogP contribution in [0.4, 0.5) is 5.00 Å². The predicted octanol–water partition coefficient (Wildman–Crippen LogP) is 1.51. The Morgan fingerprint density at radius 3 is 3.11 bits per heavy atom. The van der Waals surface area contributed by atoms with Gasteiger partial charge in [0.2, 0.25) is 5.91 Å². The zero-order valence-electron chi connectivity index (χ0n) is 4.97. The lowest BCUT2D eigenvalue weighted by molar-refractivity contribution is -0.114. The van der Waals surface area contributed by atoms with E-state index in [-0.39, 0.29) is 5.91 Å². The molecule has 47 valence electrons. The Hall–Kier alpha value is -0.830. The van der Waals surface area contributed by atoms with Gasteiger partial charge < -0.3 is 5.32 Å². The highest BCUT2D eigenvalue weighted by Crippen LogP contribution is 2.13. The molecular formula is C6H6NOS. The van der Waals surface area contributed by atoms with E-state index >= 15 is 0 Å². The molecule has 0 spiro atoms. The zero-order valence-corrected chi connectivity index (χ0v) is 5.79. The van der Waals surface area contributed by atoms with Crippen LogP contribution in [0.25, 0.3) is 0 Å². The molecule has 1 aromatic heterocycles. The summed E-state index contributed by atoms with van der Waals surface area (Å²) in [5, 5.41) is 6.34. The maximum atomic E-state index is 10.4. The van der Waals surface area contributed by atoms with E-state index in [9.17, 15) is 4.79 Å². The molecule has 0 aliphatic rings. The van der Waals surface area contributed by atoms with Gasteiger partial charge in [0.25, 0.3) is 0 Å². The Balaban J connectivity index is 2.58. The van der Waals surface area contributed by atoms with E-state index in [0.717, 1.165) is 5.00 Å². The molecule has 0 saturated carbocycles. The minimum absolute atomic E-state index is 0.0362. The second-order valence-electron chi connectivity index (χ2n) is 1.60. The average Bonchev–Trinajstić information content (AvgIpc) is 2.15. The molecule has 1 amide bonds. The van der Waals surface area contributed by atoms with E-state index in [1.54, 1.807) is 6.07 Å².